The van der Waals surface area contributed by atoms with E-state index >= 15 is 0 Å². The monoisotopic (exact) mass is 459 g/mol. The second-order valence-electron chi connectivity index (χ2n) is 9.10. The maximum absolute atomic E-state index is 13.0. The van der Waals surface area contributed by atoms with Gasteiger partial charge in [-0.2, -0.15) is 5.10 Å². The molecule has 7 heteroatoms. The number of aliphatic hydroxyl groups is 1. The highest BCUT2D eigenvalue weighted by atomic mass is 16.3. The van der Waals surface area contributed by atoms with Crippen LogP contribution in [0.2, 0.25) is 0 Å². The first-order valence-corrected chi connectivity index (χ1v) is 11.8. The summed E-state index contributed by atoms with van der Waals surface area (Å²) in [5.74, 6) is 0.420. The van der Waals surface area contributed by atoms with Crippen LogP contribution in [0.1, 0.15) is 36.2 Å². The summed E-state index contributed by atoms with van der Waals surface area (Å²) in [7, 11) is 1.85. The highest BCUT2D eigenvalue weighted by Crippen LogP contribution is 2.35. The molecule has 7 nitrogen and oxygen atoms in total. The molecule has 1 amide bonds. The first-order chi connectivity index (χ1) is 16.5. The van der Waals surface area contributed by atoms with Gasteiger partial charge in [0.05, 0.1) is 17.6 Å². The normalized spacial score (nSPS) is 11.4. The minimum absolute atomic E-state index is 0.0147. The van der Waals surface area contributed by atoms with Crippen molar-refractivity contribution in [2.24, 2.45) is 5.92 Å². The summed E-state index contributed by atoms with van der Waals surface area (Å²) in [6.07, 6.45) is 2.53. The van der Waals surface area contributed by atoms with Crippen LogP contribution in [0.5, 0.6) is 0 Å². The predicted molar refractivity (Wildman–Crippen MR) is 137 cm³/mol. The Morgan fingerprint density at radius 3 is 2.68 bits per heavy atom. The number of carbonyl (C=O) groups excluding carboxylic acids is 1. The lowest BCUT2D eigenvalue weighted by atomic mass is 10.0. The fourth-order valence-corrected chi connectivity index (χ4v) is 4.37. The molecule has 4 rings (SSSR count). The molecule has 0 atom stereocenters. The van der Waals surface area contributed by atoms with Crippen molar-refractivity contribution in [3.8, 4) is 22.5 Å². The van der Waals surface area contributed by atoms with Gasteiger partial charge in [0.1, 0.15) is 0 Å². The highest BCUT2D eigenvalue weighted by molar-refractivity contribution is 6.00. The number of H-pyrrole nitrogens is 2. The summed E-state index contributed by atoms with van der Waals surface area (Å²) >= 11 is 0. The van der Waals surface area contributed by atoms with Crippen molar-refractivity contribution in [2.75, 3.05) is 26.7 Å². The van der Waals surface area contributed by atoms with Gasteiger partial charge in [-0.15, -0.1) is 0 Å². The third kappa shape index (κ3) is 5.05. The van der Waals surface area contributed by atoms with E-state index in [2.05, 4.69) is 46.5 Å². The van der Waals surface area contributed by atoms with E-state index in [1.807, 2.05) is 49.6 Å². The number of aromatic nitrogens is 3. The van der Waals surface area contributed by atoms with Crippen LogP contribution in [0.3, 0.4) is 0 Å². The molecule has 2 aromatic carbocycles. The molecule has 0 saturated heterocycles. The standard InChI is InChI=1S/C27H33N5O2/c1-18(2)17-32(3)27(34)20-10-11-21-23(15-28-12-7-13-33)25(30-24(21)14-20)26-22(16-29-31-26)19-8-5-4-6-9-19/h4-6,8-11,14,16,18,28,30,33H,7,12-13,15,17H2,1-3H3,(H,29,31). The van der Waals surface area contributed by atoms with Crippen LogP contribution in [-0.2, 0) is 6.54 Å². The van der Waals surface area contributed by atoms with Crippen molar-refractivity contribution in [3.05, 3.63) is 65.9 Å². The number of aromatic amines is 2. The zero-order valence-electron chi connectivity index (χ0n) is 20.1. The molecule has 0 aliphatic heterocycles. The van der Waals surface area contributed by atoms with Gasteiger partial charge in [-0.3, -0.25) is 9.89 Å². The van der Waals surface area contributed by atoms with Gasteiger partial charge >= 0.3 is 0 Å². The van der Waals surface area contributed by atoms with Crippen molar-refractivity contribution in [2.45, 2.75) is 26.8 Å². The molecule has 0 aliphatic carbocycles. The van der Waals surface area contributed by atoms with Gasteiger partial charge in [-0.05, 0) is 36.6 Å². The SMILES string of the molecule is CC(C)CN(C)C(=O)c1ccc2c(CNCCCO)c(-c3[nH]ncc3-c3ccccc3)[nH]c2c1. The number of nitrogens with one attached hydrogen (secondary N) is 3. The van der Waals surface area contributed by atoms with E-state index in [1.54, 1.807) is 4.90 Å². The Labute approximate surface area is 200 Å². The minimum atomic E-state index is 0.0147. The third-order valence-electron chi connectivity index (χ3n) is 5.93. The lowest BCUT2D eigenvalue weighted by molar-refractivity contribution is 0.0779. The molecule has 0 fully saturated rings. The van der Waals surface area contributed by atoms with Crippen molar-refractivity contribution in [3.63, 3.8) is 0 Å². The maximum Gasteiger partial charge on any atom is 0.253 e. The van der Waals surface area contributed by atoms with Crippen LogP contribution in [0, 0.1) is 5.92 Å². The first-order valence-electron chi connectivity index (χ1n) is 11.8. The zero-order chi connectivity index (χ0) is 24.1. The second-order valence-corrected chi connectivity index (χ2v) is 9.10. The molecule has 0 saturated carbocycles. The Morgan fingerprint density at radius 2 is 1.94 bits per heavy atom. The molecule has 0 aliphatic rings. The molecular formula is C27H33N5O2. The average molecular weight is 460 g/mol. The van der Waals surface area contributed by atoms with Gasteiger partial charge in [-0.25, -0.2) is 0 Å². The van der Waals surface area contributed by atoms with Crippen molar-refractivity contribution < 1.29 is 9.90 Å². The number of aliphatic hydroxyl groups excluding tert-OH is 1. The number of carbonyl (C=O) groups is 1. The lowest BCUT2D eigenvalue weighted by Crippen LogP contribution is -2.30. The Morgan fingerprint density at radius 1 is 1.15 bits per heavy atom. The summed E-state index contributed by atoms with van der Waals surface area (Å²) in [6.45, 7) is 6.42. The number of benzene rings is 2. The molecule has 0 radical (unpaired) electrons. The van der Waals surface area contributed by atoms with Crippen LogP contribution in [0.15, 0.2) is 54.7 Å². The molecule has 0 unspecified atom stereocenters. The van der Waals surface area contributed by atoms with Crippen LogP contribution in [0.25, 0.3) is 33.4 Å². The van der Waals surface area contributed by atoms with E-state index in [0.29, 0.717) is 37.5 Å². The molecule has 2 heterocycles. The molecular weight excluding hydrogens is 426 g/mol. The number of hydrogen-bond acceptors (Lipinski definition) is 4. The van der Waals surface area contributed by atoms with Crippen molar-refractivity contribution in [1.29, 1.82) is 0 Å². The third-order valence-corrected chi connectivity index (χ3v) is 5.93. The van der Waals surface area contributed by atoms with Crippen LogP contribution < -0.4 is 5.32 Å². The molecule has 178 valence electrons. The topological polar surface area (TPSA) is 97.0 Å². The maximum atomic E-state index is 13.0. The van der Waals surface area contributed by atoms with Crippen LogP contribution in [-0.4, -0.2) is 57.8 Å². The Hall–Kier alpha value is -3.42. The fraction of sp³-hybridized carbons (Fsp3) is 0.333. The smallest absolute Gasteiger partial charge is 0.253 e. The Bertz CT molecular complexity index is 1240. The molecule has 2 aromatic heterocycles. The molecule has 0 bridgehead atoms. The van der Waals surface area contributed by atoms with E-state index in [0.717, 1.165) is 39.0 Å². The predicted octanol–water partition coefficient (Wildman–Crippen LogP) is 4.43. The zero-order valence-corrected chi connectivity index (χ0v) is 20.1. The number of fused-ring (bicyclic) bond motifs is 1. The van der Waals surface area contributed by atoms with Crippen molar-refractivity contribution >= 4 is 16.8 Å². The first kappa shape index (κ1) is 23.7. The summed E-state index contributed by atoms with van der Waals surface area (Å²) < 4.78 is 0. The van der Waals surface area contributed by atoms with E-state index in [9.17, 15) is 4.79 Å². The number of hydrogen-bond donors (Lipinski definition) is 4. The van der Waals surface area contributed by atoms with E-state index in [1.165, 1.54) is 0 Å². The van der Waals surface area contributed by atoms with Gasteiger partial charge < -0.3 is 20.3 Å². The largest absolute Gasteiger partial charge is 0.396 e. The second kappa shape index (κ2) is 10.7. The Kier molecular flexibility index (Phi) is 7.45. The fourth-order valence-electron chi connectivity index (χ4n) is 4.37. The lowest BCUT2D eigenvalue weighted by Gasteiger charge is -2.19. The number of amides is 1. The van der Waals surface area contributed by atoms with Gasteiger partial charge in [0, 0.05) is 54.3 Å². The van der Waals surface area contributed by atoms with Gasteiger partial charge in [0.25, 0.3) is 5.91 Å². The van der Waals surface area contributed by atoms with E-state index in [4.69, 9.17) is 5.11 Å². The minimum Gasteiger partial charge on any atom is -0.396 e. The summed E-state index contributed by atoms with van der Waals surface area (Å²) in [6, 6.07) is 16.0. The van der Waals surface area contributed by atoms with Gasteiger partial charge in [0.2, 0.25) is 0 Å². The quantitative estimate of drug-likeness (QED) is 0.264. The van der Waals surface area contributed by atoms with Crippen molar-refractivity contribution in [1.82, 2.24) is 25.4 Å². The van der Waals surface area contributed by atoms with Gasteiger partial charge in [0.15, 0.2) is 0 Å². The summed E-state index contributed by atoms with van der Waals surface area (Å²) in [4.78, 5) is 18.3. The van der Waals surface area contributed by atoms with Gasteiger partial charge in [-0.1, -0.05) is 50.2 Å². The van der Waals surface area contributed by atoms with E-state index < -0.39 is 0 Å². The van der Waals surface area contributed by atoms with Crippen LogP contribution in [0.4, 0.5) is 0 Å². The molecule has 0 spiro atoms. The summed E-state index contributed by atoms with van der Waals surface area (Å²) in [5, 5.41) is 21.1. The molecule has 34 heavy (non-hydrogen) atoms. The summed E-state index contributed by atoms with van der Waals surface area (Å²) in [5.41, 5.74) is 6.62. The highest BCUT2D eigenvalue weighted by Gasteiger charge is 2.20. The average Bonchev–Trinajstić information content (AvgIpc) is 3.46. The van der Waals surface area contributed by atoms with E-state index in [-0.39, 0.29) is 12.5 Å². The molecule has 4 aromatic rings. The molecule has 4 N–H and O–H groups in total. The number of rotatable bonds is 10. The number of nitrogens with zero attached hydrogens (tertiary/aromatic N) is 2. The Balaban J connectivity index is 1.76. The van der Waals surface area contributed by atoms with Crippen LogP contribution >= 0.6 is 0 Å².